The van der Waals surface area contributed by atoms with Gasteiger partial charge >= 0.3 is 0 Å². The zero-order valence-electron chi connectivity index (χ0n) is 9.42. The second-order valence-corrected chi connectivity index (χ2v) is 4.83. The molecule has 3 rings (SSSR count). The van der Waals surface area contributed by atoms with E-state index in [0.717, 1.165) is 6.54 Å². The van der Waals surface area contributed by atoms with E-state index in [1.54, 1.807) is 5.56 Å². The summed E-state index contributed by atoms with van der Waals surface area (Å²) >= 11 is 0. The third-order valence-electron chi connectivity index (χ3n) is 3.83. The molecule has 0 unspecified atom stereocenters. The van der Waals surface area contributed by atoms with Gasteiger partial charge in [-0.3, -0.25) is 4.68 Å². The summed E-state index contributed by atoms with van der Waals surface area (Å²) < 4.78 is 2.12. The largest absolute Gasteiger partial charge is 0.316 e. The summed E-state index contributed by atoms with van der Waals surface area (Å²) in [7, 11) is 2.10. The van der Waals surface area contributed by atoms with Gasteiger partial charge in [0.2, 0.25) is 0 Å². The second-order valence-electron chi connectivity index (χ2n) is 4.83. The summed E-state index contributed by atoms with van der Waals surface area (Å²) in [5, 5.41) is 8.22. The molecule has 82 valence electrons. The predicted octanol–water partition coefficient (Wildman–Crippen LogP) is 1.38. The van der Waals surface area contributed by atoms with Gasteiger partial charge in [-0.1, -0.05) is 0 Å². The molecule has 1 aliphatic carbocycles. The molecule has 1 aromatic heterocycles. The number of aromatic nitrogens is 2. The van der Waals surface area contributed by atoms with Crippen molar-refractivity contribution in [3.63, 3.8) is 0 Å². The van der Waals surface area contributed by atoms with E-state index in [2.05, 4.69) is 17.0 Å². The molecule has 0 saturated carbocycles. The Balaban J connectivity index is 1.93. The summed E-state index contributed by atoms with van der Waals surface area (Å²) in [6, 6.07) is 0. The van der Waals surface area contributed by atoms with Gasteiger partial charge in [-0.05, 0) is 44.2 Å². The number of fused-ring (bicyclic) bond motifs is 1. The predicted molar refractivity (Wildman–Crippen MR) is 60.1 cm³/mol. The summed E-state index contributed by atoms with van der Waals surface area (Å²) in [6.07, 6.45) is 6.44. The lowest BCUT2D eigenvalue weighted by atomic mass is 9.93. The third kappa shape index (κ3) is 1.49. The molecule has 1 atom stereocenters. The van der Waals surface area contributed by atoms with Crippen LogP contribution in [0.25, 0.3) is 0 Å². The van der Waals surface area contributed by atoms with Gasteiger partial charge in [0.05, 0.1) is 5.69 Å². The van der Waals surface area contributed by atoms with E-state index >= 15 is 0 Å². The van der Waals surface area contributed by atoms with Crippen molar-refractivity contribution < 1.29 is 0 Å². The van der Waals surface area contributed by atoms with Crippen LogP contribution in [0, 0.1) is 0 Å². The van der Waals surface area contributed by atoms with Gasteiger partial charge < -0.3 is 5.32 Å². The van der Waals surface area contributed by atoms with Crippen LogP contribution in [-0.2, 0) is 19.9 Å². The first-order valence-electron chi connectivity index (χ1n) is 6.11. The van der Waals surface area contributed by atoms with Crippen LogP contribution in [0.4, 0.5) is 0 Å². The number of hydrogen-bond acceptors (Lipinski definition) is 2. The molecule has 1 fully saturated rings. The van der Waals surface area contributed by atoms with Crippen LogP contribution in [0.2, 0.25) is 0 Å². The van der Waals surface area contributed by atoms with Crippen molar-refractivity contribution in [3.8, 4) is 0 Å². The van der Waals surface area contributed by atoms with E-state index in [1.807, 2.05) is 0 Å². The lowest BCUT2D eigenvalue weighted by molar-refractivity contribution is 0.449. The Morgan fingerprint density at radius 2 is 2.27 bits per heavy atom. The van der Waals surface area contributed by atoms with E-state index in [1.165, 1.54) is 50.0 Å². The minimum Gasteiger partial charge on any atom is -0.316 e. The Labute approximate surface area is 90.9 Å². The van der Waals surface area contributed by atoms with Crippen molar-refractivity contribution in [2.24, 2.45) is 7.05 Å². The van der Waals surface area contributed by atoms with Crippen LogP contribution in [0.15, 0.2) is 0 Å². The molecule has 0 bridgehead atoms. The molecule has 0 radical (unpaired) electrons. The van der Waals surface area contributed by atoms with E-state index in [9.17, 15) is 0 Å². The Bertz CT molecular complexity index is 361. The molecule has 2 heterocycles. The van der Waals surface area contributed by atoms with Crippen molar-refractivity contribution >= 4 is 0 Å². The van der Waals surface area contributed by atoms with Crippen LogP contribution in [0.3, 0.4) is 0 Å². The van der Waals surface area contributed by atoms with Crippen molar-refractivity contribution in [2.45, 2.75) is 38.0 Å². The van der Waals surface area contributed by atoms with E-state index in [0.29, 0.717) is 5.92 Å². The number of nitrogens with one attached hydrogen (secondary N) is 1. The van der Waals surface area contributed by atoms with Crippen molar-refractivity contribution in [2.75, 3.05) is 13.1 Å². The third-order valence-corrected chi connectivity index (χ3v) is 3.83. The van der Waals surface area contributed by atoms with Gasteiger partial charge in [-0.2, -0.15) is 5.10 Å². The van der Waals surface area contributed by atoms with E-state index in [4.69, 9.17) is 5.10 Å². The normalized spacial score (nSPS) is 25.5. The van der Waals surface area contributed by atoms with Gasteiger partial charge in [0.15, 0.2) is 0 Å². The molecule has 0 amide bonds. The minimum atomic E-state index is 0.673. The van der Waals surface area contributed by atoms with Gasteiger partial charge in [-0.15, -0.1) is 0 Å². The quantitative estimate of drug-likeness (QED) is 0.750. The van der Waals surface area contributed by atoms with Crippen molar-refractivity contribution in [3.05, 3.63) is 17.0 Å². The Hall–Kier alpha value is -0.830. The molecular weight excluding hydrogens is 186 g/mol. The number of aryl methyl sites for hydroxylation is 1. The summed E-state index contributed by atoms with van der Waals surface area (Å²) in [4.78, 5) is 0. The fourth-order valence-corrected chi connectivity index (χ4v) is 3.06. The first-order valence-corrected chi connectivity index (χ1v) is 6.11. The first-order chi connectivity index (χ1) is 7.36. The lowest BCUT2D eigenvalue weighted by Crippen LogP contribution is -2.29. The fraction of sp³-hybridized carbons (Fsp3) is 0.750. The zero-order chi connectivity index (χ0) is 10.3. The topological polar surface area (TPSA) is 29.9 Å². The van der Waals surface area contributed by atoms with Gasteiger partial charge in [0, 0.05) is 25.2 Å². The number of piperidine rings is 1. The molecule has 3 heteroatoms. The zero-order valence-corrected chi connectivity index (χ0v) is 9.42. The van der Waals surface area contributed by atoms with Crippen LogP contribution in [0.5, 0.6) is 0 Å². The molecule has 0 spiro atoms. The average molecular weight is 205 g/mol. The van der Waals surface area contributed by atoms with Gasteiger partial charge in [0.25, 0.3) is 0 Å². The maximum atomic E-state index is 4.73. The SMILES string of the molecule is Cn1nc([C@H]2CCCNC2)c2c1CCC2. The molecule has 2 aliphatic rings. The van der Waals surface area contributed by atoms with Crippen molar-refractivity contribution in [1.82, 2.24) is 15.1 Å². The Morgan fingerprint density at radius 3 is 3.07 bits per heavy atom. The summed E-state index contributed by atoms with van der Waals surface area (Å²) in [6.45, 7) is 2.31. The Kier molecular flexibility index (Phi) is 2.28. The highest BCUT2D eigenvalue weighted by Crippen LogP contribution is 2.32. The molecule has 3 nitrogen and oxygen atoms in total. The fourth-order valence-electron chi connectivity index (χ4n) is 3.06. The van der Waals surface area contributed by atoms with Crippen LogP contribution in [0.1, 0.15) is 42.1 Å². The van der Waals surface area contributed by atoms with Crippen LogP contribution in [-0.4, -0.2) is 22.9 Å². The summed E-state index contributed by atoms with van der Waals surface area (Å²) in [5.74, 6) is 0.673. The van der Waals surface area contributed by atoms with Gasteiger partial charge in [-0.25, -0.2) is 0 Å². The highest BCUT2D eigenvalue weighted by molar-refractivity contribution is 5.33. The minimum absolute atomic E-state index is 0.673. The van der Waals surface area contributed by atoms with E-state index in [-0.39, 0.29) is 0 Å². The highest BCUT2D eigenvalue weighted by Gasteiger charge is 2.26. The Morgan fingerprint density at radius 1 is 1.33 bits per heavy atom. The molecule has 1 aromatic rings. The number of rotatable bonds is 1. The molecule has 0 aromatic carbocycles. The van der Waals surface area contributed by atoms with Crippen LogP contribution < -0.4 is 5.32 Å². The van der Waals surface area contributed by atoms with Crippen LogP contribution >= 0.6 is 0 Å². The monoisotopic (exact) mass is 205 g/mol. The number of nitrogens with zero attached hydrogens (tertiary/aromatic N) is 2. The van der Waals surface area contributed by atoms with Crippen molar-refractivity contribution in [1.29, 1.82) is 0 Å². The van der Waals surface area contributed by atoms with E-state index < -0.39 is 0 Å². The van der Waals surface area contributed by atoms with Gasteiger partial charge in [0.1, 0.15) is 0 Å². The standard InChI is InChI=1S/C12H19N3/c1-15-11-6-2-5-10(11)12(14-15)9-4-3-7-13-8-9/h9,13H,2-8H2,1H3/t9-/m0/s1. The molecule has 1 N–H and O–H groups in total. The molecule has 1 aliphatic heterocycles. The molecule has 1 saturated heterocycles. The number of hydrogen-bond donors (Lipinski definition) is 1. The molecular formula is C12H19N3. The summed E-state index contributed by atoms with van der Waals surface area (Å²) in [5.41, 5.74) is 4.47. The maximum absolute atomic E-state index is 4.73. The average Bonchev–Trinajstić information content (AvgIpc) is 2.84. The lowest BCUT2D eigenvalue weighted by Gasteiger charge is -2.21. The second kappa shape index (κ2) is 3.63. The smallest absolute Gasteiger partial charge is 0.0702 e. The highest BCUT2D eigenvalue weighted by atomic mass is 15.3. The first kappa shape index (κ1) is 9.40. The molecule has 15 heavy (non-hydrogen) atoms. The maximum Gasteiger partial charge on any atom is 0.0702 e.